The first-order valence-corrected chi connectivity index (χ1v) is 6.35. The van der Waals surface area contributed by atoms with E-state index >= 15 is 0 Å². The molecule has 0 atom stereocenters. The Kier molecular flexibility index (Phi) is 3.50. The molecule has 0 radical (unpaired) electrons. The van der Waals surface area contributed by atoms with Crippen LogP contribution < -0.4 is 11.1 Å². The molecule has 2 rings (SSSR count). The second kappa shape index (κ2) is 4.72. The highest BCUT2D eigenvalue weighted by molar-refractivity contribution is 5.86. The fourth-order valence-corrected chi connectivity index (χ4v) is 2.55. The molecule has 0 aromatic carbocycles. The van der Waals surface area contributed by atoms with Gasteiger partial charge in [0.2, 0.25) is 5.91 Å². The molecular weight excluding hydrogens is 204 g/mol. The number of amides is 1. The summed E-state index contributed by atoms with van der Waals surface area (Å²) in [5.74, 6) is 0.542. The molecule has 2 aliphatic carbocycles. The third-order valence-corrected chi connectivity index (χ3v) is 4.07. The Morgan fingerprint density at radius 2 is 1.94 bits per heavy atom. The Labute approximate surface area is 96.6 Å². The molecule has 2 aliphatic rings. The lowest BCUT2D eigenvalue weighted by Crippen LogP contribution is -2.59. The van der Waals surface area contributed by atoms with Crippen molar-refractivity contribution in [3.8, 4) is 0 Å². The van der Waals surface area contributed by atoms with Crippen molar-refractivity contribution in [2.75, 3.05) is 6.54 Å². The first-order chi connectivity index (χ1) is 7.60. The minimum atomic E-state index is -0.575. The molecule has 4 heteroatoms. The lowest BCUT2D eigenvalue weighted by atomic mass is 9.77. The highest BCUT2D eigenvalue weighted by atomic mass is 16.3. The van der Waals surface area contributed by atoms with Crippen LogP contribution in [-0.4, -0.2) is 29.2 Å². The van der Waals surface area contributed by atoms with E-state index in [-0.39, 0.29) is 12.0 Å². The predicted molar refractivity (Wildman–Crippen MR) is 61.7 cm³/mol. The van der Waals surface area contributed by atoms with Crippen molar-refractivity contribution in [2.45, 2.75) is 56.6 Å². The summed E-state index contributed by atoms with van der Waals surface area (Å²) in [5, 5.41) is 12.3. The van der Waals surface area contributed by atoms with Crippen molar-refractivity contribution in [2.24, 2.45) is 11.7 Å². The van der Waals surface area contributed by atoms with Crippen LogP contribution in [0.15, 0.2) is 0 Å². The summed E-state index contributed by atoms with van der Waals surface area (Å²) in [6.07, 6.45) is 6.35. The fourth-order valence-electron chi connectivity index (χ4n) is 2.55. The molecule has 0 unspecified atom stereocenters. The number of carbonyl (C=O) groups is 1. The van der Waals surface area contributed by atoms with Gasteiger partial charge in [0, 0.05) is 6.54 Å². The van der Waals surface area contributed by atoms with Crippen molar-refractivity contribution in [3.05, 3.63) is 0 Å². The van der Waals surface area contributed by atoms with Crippen molar-refractivity contribution in [1.29, 1.82) is 0 Å². The van der Waals surface area contributed by atoms with Gasteiger partial charge in [-0.1, -0.05) is 0 Å². The molecule has 0 aromatic rings. The van der Waals surface area contributed by atoms with Crippen LogP contribution >= 0.6 is 0 Å². The molecule has 0 aromatic heterocycles. The second-order valence-electron chi connectivity index (χ2n) is 5.39. The maximum atomic E-state index is 11.8. The van der Waals surface area contributed by atoms with E-state index in [0.29, 0.717) is 5.92 Å². The largest absolute Gasteiger partial charge is 0.393 e. The Morgan fingerprint density at radius 3 is 2.44 bits per heavy atom. The predicted octanol–water partition coefficient (Wildman–Crippen LogP) is 0.535. The summed E-state index contributed by atoms with van der Waals surface area (Å²) < 4.78 is 0. The average molecular weight is 226 g/mol. The molecule has 0 bridgehead atoms. The normalized spacial score (nSPS) is 32.9. The number of carbonyl (C=O) groups excluding carboxylic acids is 1. The first kappa shape index (κ1) is 11.9. The SMILES string of the molecule is NC1(C(=O)NCC2CCC(O)CC2)CCC1. The molecule has 2 saturated carbocycles. The van der Waals surface area contributed by atoms with Gasteiger partial charge in [0.15, 0.2) is 0 Å². The molecule has 4 nitrogen and oxygen atoms in total. The van der Waals surface area contributed by atoms with Gasteiger partial charge >= 0.3 is 0 Å². The van der Waals surface area contributed by atoms with Crippen LogP contribution in [0.5, 0.6) is 0 Å². The molecule has 4 N–H and O–H groups in total. The van der Waals surface area contributed by atoms with Gasteiger partial charge < -0.3 is 16.2 Å². The highest BCUT2D eigenvalue weighted by Gasteiger charge is 2.40. The number of hydrogen-bond acceptors (Lipinski definition) is 3. The summed E-state index contributed by atoms with van der Waals surface area (Å²) in [6, 6.07) is 0. The van der Waals surface area contributed by atoms with E-state index in [2.05, 4.69) is 5.32 Å². The van der Waals surface area contributed by atoms with Crippen LogP contribution in [0, 0.1) is 5.92 Å². The highest BCUT2D eigenvalue weighted by Crippen LogP contribution is 2.29. The smallest absolute Gasteiger partial charge is 0.240 e. The van der Waals surface area contributed by atoms with Crippen molar-refractivity contribution in [3.63, 3.8) is 0 Å². The number of aliphatic hydroxyl groups is 1. The minimum absolute atomic E-state index is 0.0184. The number of nitrogens with one attached hydrogen (secondary N) is 1. The van der Waals surface area contributed by atoms with Crippen LogP contribution in [0.1, 0.15) is 44.9 Å². The molecular formula is C12H22N2O2. The number of nitrogens with two attached hydrogens (primary N) is 1. The summed E-state index contributed by atoms with van der Waals surface area (Å²) in [6.45, 7) is 0.727. The van der Waals surface area contributed by atoms with Gasteiger partial charge in [-0.15, -0.1) is 0 Å². The van der Waals surface area contributed by atoms with E-state index in [4.69, 9.17) is 5.73 Å². The van der Waals surface area contributed by atoms with Crippen LogP contribution in [0.4, 0.5) is 0 Å². The van der Waals surface area contributed by atoms with Crippen LogP contribution in [0.3, 0.4) is 0 Å². The van der Waals surface area contributed by atoms with Gasteiger partial charge in [0.1, 0.15) is 0 Å². The molecule has 0 saturated heterocycles. The van der Waals surface area contributed by atoms with E-state index in [1.807, 2.05) is 0 Å². The lowest BCUT2D eigenvalue weighted by Gasteiger charge is -2.37. The van der Waals surface area contributed by atoms with E-state index in [0.717, 1.165) is 51.5 Å². The van der Waals surface area contributed by atoms with Gasteiger partial charge in [-0.2, -0.15) is 0 Å². The molecule has 0 aliphatic heterocycles. The van der Waals surface area contributed by atoms with E-state index in [1.165, 1.54) is 0 Å². The van der Waals surface area contributed by atoms with E-state index in [9.17, 15) is 9.90 Å². The third kappa shape index (κ3) is 2.55. The maximum Gasteiger partial charge on any atom is 0.240 e. The summed E-state index contributed by atoms with van der Waals surface area (Å²) in [7, 11) is 0. The Hall–Kier alpha value is -0.610. The molecule has 2 fully saturated rings. The van der Waals surface area contributed by atoms with Crippen molar-refractivity contribution in [1.82, 2.24) is 5.32 Å². The zero-order valence-corrected chi connectivity index (χ0v) is 9.74. The maximum absolute atomic E-state index is 11.8. The molecule has 92 valence electrons. The quantitative estimate of drug-likeness (QED) is 0.657. The number of rotatable bonds is 3. The van der Waals surface area contributed by atoms with Gasteiger partial charge in [-0.25, -0.2) is 0 Å². The van der Waals surface area contributed by atoms with Gasteiger partial charge in [-0.05, 0) is 50.9 Å². The molecule has 0 heterocycles. The van der Waals surface area contributed by atoms with Crippen LogP contribution in [0.25, 0.3) is 0 Å². The molecule has 0 spiro atoms. The summed E-state index contributed by atoms with van der Waals surface area (Å²) >= 11 is 0. The van der Waals surface area contributed by atoms with Crippen LogP contribution in [-0.2, 0) is 4.79 Å². The zero-order valence-electron chi connectivity index (χ0n) is 9.74. The third-order valence-electron chi connectivity index (χ3n) is 4.07. The van der Waals surface area contributed by atoms with E-state index < -0.39 is 5.54 Å². The first-order valence-electron chi connectivity index (χ1n) is 6.35. The Bertz CT molecular complexity index is 256. The molecule has 16 heavy (non-hydrogen) atoms. The standard InChI is InChI=1S/C12H22N2O2/c13-12(6-1-7-12)11(16)14-8-9-2-4-10(15)5-3-9/h9-10,15H,1-8,13H2,(H,14,16). The fraction of sp³-hybridized carbons (Fsp3) is 0.917. The molecule has 1 amide bonds. The van der Waals surface area contributed by atoms with Crippen molar-refractivity contribution >= 4 is 5.91 Å². The lowest BCUT2D eigenvalue weighted by molar-refractivity contribution is -0.129. The summed E-state index contributed by atoms with van der Waals surface area (Å²) in [5.41, 5.74) is 5.36. The van der Waals surface area contributed by atoms with Gasteiger partial charge in [-0.3, -0.25) is 4.79 Å². The van der Waals surface area contributed by atoms with Gasteiger partial charge in [0.25, 0.3) is 0 Å². The topological polar surface area (TPSA) is 75.4 Å². The zero-order chi connectivity index (χ0) is 11.6. The second-order valence-corrected chi connectivity index (χ2v) is 5.39. The average Bonchev–Trinajstić information content (AvgIpc) is 2.24. The monoisotopic (exact) mass is 226 g/mol. The minimum Gasteiger partial charge on any atom is -0.393 e. The van der Waals surface area contributed by atoms with E-state index in [1.54, 1.807) is 0 Å². The Balaban J connectivity index is 1.69. The summed E-state index contributed by atoms with van der Waals surface area (Å²) in [4.78, 5) is 11.8. The van der Waals surface area contributed by atoms with Crippen molar-refractivity contribution < 1.29 is 9.90 Å². The number of aliphatic hydroxyl groups excluding tert-OH is 1. The van der Waals surface area contributed by atoms with Crippen LogP contribution in [0.2, 0.25) is 0 Å². The Morgan fingerprint density at radius 1 is 1.31 bits per heavy atom. The number of hydrogen-bond donors (Lipinski definition) is 3. The van der Waals surface area contributed by atoms with Gasteiger partial charge in [0.05, 0.1) is 11.6 Å².